The van der Waals surface area contributed by atoms with Crippen LogP contribution in [0.25, 0.3) is 0 Å². The van der Waals surface area contributed by atoms with E-state index in [-0.39, 0.29) is 5.54 Å². The summed E-state index contributed by atoms with van der Waals surface area (Å²) < 4.78 is 22.8. The van der Waals surface area contributed by atoms with E-state index >= 15 is 0 Å². The average Bonchev–Trinajstić information content (AvgIpc) is 2.24. The fourth-order valence-electron chi connectivity index (χ4n) is 2.50. The van der Waals surface area contributed by atoms with Crippen LogP contribution < -0.4 is 5.32 Å². The number of hydrogen-bond acceptors (Lipinski definition) is 4. The van der Waals surface area contributed by atoms with Gasteiger partial charge in [0.15, 0.2) is 0 Å². The lowest BCUT2D eigenvalue weighted by atomic mass is 9.92. The second-order valence-electron chi connectivity index (χ2n) is 4.89. The summed E-state index contributed by atoms with van der Waals surface area (Å²) in [4.78, 5) is 2.46. The van der Waals surface area contributed by atoms with Crippen LogP contribution in [0, 0.1) is 0 Å². The highest BCUT2D eigenvalue weighted by Gasteiger charge is 2.38. The summed E-state index contributed by atoms with van der Waals surface area (Å²) in [6, 6.07) is 0. The van der Waals surface area contributed by atoms with Crippen molar-refractivity contribution in [2.75, 3.05) is 37.7 Å². The molecule has 4 nitrogen and oxygen atoms in total. The summed E-state index contributed by atoms with van der Waals surface area (Å²) in [6.07, 6.45) is 1.60. The van der Waals surface area contributed by atoms with Crippen molar-refractivity contribution in [1.29, 1.82) is 0 Å². The maximum Gasteiger partial charge on any atom is 0.150 e. The molecule has 0 bridgehead atoms. The monoisotopic (exact) mass is 232 g/mol. The molecule has 0 radical (unpaired) electrons. The molecule has 0 aromatic heterocycles. The first-order chi connectivity index (χ1) is 7.02. The van der Waals surface area contributed by atoms with Gasteiger partial charge in [-0.25, -0.2) is 8.42 Å². The van der Waals surface area contributed by atoms with Crippen LogP contribution in [0.1, 0.15) is 19.8 Å². The average molecular weight is 232 g/mol. The molecule has 0 aromatic carbocycles. The first-order valence-corrected chi connectivity index (χ1v) is 7.50. The minimum Gasteiger partial charge on any atom is -0.314 e. The number of piperazine rings is 1. The van der Waals surface area contributed by atoms with E-state index in [0.29, 0.717) is 11.5 Å². The van der Waals surface area contributed by atoms with Crippen LogP contribution in [0.2, 0.25) is 0 Å². The molecule has 0 aliphatic carbocycles. The topological polar surface area (TPSA) is 49.4 Å². The third-order valence-electron chi connectivity index (χ3n) is 3.78. The van der Waals surface area contributed by atoms with Crippen molar-refractivity contribution in [2.24, 2.45) is 0 Å². The molecule has 0 amide bonds. The van der Waals surface area contributed by atoms with E-state index in [1.807, 2.05) is 0 Å². The Morgan fingerprint density at radius 1 is 1.13 bits per heavy atom. The zero-order valence-corrected chi connectivity index (χ0v) is 10.1. The maximum atomic E-state index is 11.4. The number of nitrogens with one attached hydrogen (secondary N) is 1. The fourth-order valence-corrected chi connectivity index (χ4v) is 4.20. The van der Waals surface area contributed by atoms with Crippen molar-refractivity contribution in [3.63, 3.8) is 0 Å². The van der Waals surface area contributed by atoms with Gasteiger partial charge in [-0.05, 0) is 19.8 Å². The molecular formula is C10H20N2O2S. The number of hydrogen-bond donors (Lipinski definition) is 1. The van der Waals surface area contributed by atoms with Crippen molar-refractivity contribution in [3.8, 4) is 0 Å². The van der Waals surface area contributed by atoms with Crippen LogP contribution >= 0.6 is 0 Å². The molecule has 88 valence electrons. The second-order valence-corrected chi connectivity index (χ2v) is 7.19. The second kappa shape index (κ2) is 4.03. The Morgan fingerprint density at radius 3 is 2.20 bits per heavy atom. The lowest BCUT2D eigenvalue weighted by molar-refractivity contribution is 0.0788. The van der Waals surface area contributed by atoms with Crippen LogP contribution in [0.5, 0.6) is 0 Å². The summed E-state index contributed by atoms with van der Waals surface area (Å²) in [5.74, 6) is 0.737. The lowest BCUT2D eigenvalue weighted by Crippen LogP contribution is -2.57. The van der Waals surface area contributed by atoms with Crippen molar-refractivity contribution >= 4 is 9.84 Å². The molecule has 0 aromatic rings. The molecule has 1 N–H and O–H groups in total. The molecule has 2 saturated heterocycles. The van der Waals surface area contributed by atoms with Gasteiger partial charge in [-0.15, -0.1) is 0 Å². The van der Waals surface area contributed by atoms with E-state index in [9.17, 15) is 8.42 Å². The standard InChI is InChI=1S/C10H20N2O2S/c1-10(12-6-4-11-5-7-12)2-8-15(13,14)9-3-10/h11H,2-9H2,1H3. The first kappa shape index (κ1) is 11.4. The maximum absolute atomic E-state index is 11.4. The zero-order chi connectivity index (χ0) is 10.9. The number of rotatable bonds is 1. The van der Waals surface area contributed by atoms with Crippen LogP contribution in [-0.4, -0.2) is 56.5 Å². The highest BCUT2D eigenvalue weighted by molar-refractivity contribution is 7.91. The summed E-state index contributed by atoms with van der Waals surface area (Å²) in [5.41, 5.74) is 0.118. The SMILES string of the molecule is CC1(N2CCNCC2)CCS(=O)(=O)CC1. The Kier molecular flexibility index (Phi) is 3.05. The van der Waals surface area contributed by atoms with E-state index in [0.717, 1.165) is 39.0 Å². The predicted molar refractivity (Wildman–Crippen MR) is 60.7 cm³/mol. The molecule has 2 heterocycles. The van der Waals surface area contributed by atoms with E-state index in [2.05, 4.69) is 17.1 Å². The highest BCUT2D eigenvalue weighted by atomic mass is 32.2. The summed E-state index contributed by atoms with van der Waals surface area (Å²) in [7, 11) is -2.73. The molecule has 0 atom stereocenters. The molecule has 2 rings (SSSR count). The molecule has 2 fully saturated rings. The molecule has 2 aliphatic heterocycles. The van der Waals surface area contributed by atoms with Gasteiger partial charge in [0.2, 0.25) is 0 Å². The summed E-state index contributed by atoms with van der Waals surface area (Å²) >= 11 is 0. The molecular weight excluding hydrogens is 212 g/mol. The molecule has 5 heteroatoms. The Hall–Kier alpha value is -0.130. The normalized spacial score (nSPS) is 31.3. The van der Waals surface area contributed by atoms with Gasteiger partial charge >= 0.3 is 0 Å². The Morgan fingerprint density at radius 2 is 1.67 bits per heavy atom. The van der Waals surface area contributed by atoms with Gasteiger partial charge in [-0.1, -0.05) is 0 Å². The van der Waals surface area contributed by atoms with Crippen molar-refractivity contribution in [1.82, 2.24) is 10.2 Å². The van der Waals surface area contributed by atoms with Crippen LogP contribution in [0.3, 0.4) is 0 Å². The fraction of sp³-hybridized carbons (Fsp3) is 1.00. The zero-order valence-electron chi connectivity index (χ0n) is 9.33. The third kappa shape index (κ3) is 2.52. The summed E-state index contributed by atoms with van der Waals surface area (Å²) in [5, 5.41) is 3.33. The van der Waals surface area contributed by atoms with Gasteiger partial charge in [0, 0.05) is 31.7 Å². The molecule has 0 unspecified atom stereocenters. The lowest BCUT2D eigenvalue weighted by Gasteiger charge is -2.45. The van der Waals surface area contributed by atoms with Gasteiger partial charge in [0.1, 0.15) is 9.84 Å². The molecule has 0 saturated carbocycles. The first-order valence-electron chi connectivity index (χ1n) is 5.68. The smallest absolute Gasteiger partial charge is 0.150 e. The summed E-state index contributed by atoms with van der Waals surface area (Å²) in [6.45, 7) is 6.38. The molecule has 0 spiro atoms. The molecule has 15 heavy (non-hydrogen) atoms. The van der Waals surface area contributed by atoms with Crippen LogP contribution in [-0.2, 0) is 9.84 Å². The van der Waals surface area contributed by atoms with Crippen LogP contribution in [0.15, 0.2) is 0 Å². The van der Waals surface area contributed by atoms with Gasteiger partial charge in [0.05, 0.1) is 11.5 Å². The van der Waals surface area contributed by atoms with Gasteiger partial charge in [-0.2, -0.15) is 0 Å². The minimum absolute atomic E-state index is 0.118. The predicted octanol–water partition coefficient (Wildman–Crippen LogP) is -0.141. The Labute approximate surface area is 91.9 Å². The van der Waals surface area contributed by atoms with E-state index < -0.39 is 9.84 Å². The van der Waals surface area contributed by atoms with Gasteiger partial charge in [0.25, 0.3) is 0 Å². The quantitative estimate of drug-likeness (QED) is 0.683. The largest absolute Gasteiger partial charge is 0.314 e. The Balaban J connectivity index is 2.01. The minimum atomic E-state index is -2.73. The third-order valence-corrected chi connectivity index (χ3v) is 5.44. The number of nitrogens with zero attached hydrogens (tertiary/aromatic N) is 1. The number of sulfone groups is 1. The van der Waals surface area contributed by atoms with E-state index in [1.54, 1.807) is 0 Å². The Bertz CT molecular complexity index is 306. The van der Waals surface area contributed by atoms with Gasteiger partial charge in [-0.3, -0.25) is 4.90 Å². The van der Waals surface area contributed by atoms with Crippen molar-refractivity contribution < 1.29 is 8.42 Å². The molecule has 2 aliphatic rings. The van der Waals surface area contributed by atoms with Crippen molar-refractivity contribution in [3.05, 3.63) is 0 Å². The van der Waals surface area contributed by atoms with E-state index in [1.165, 1.54) is 0 Å². The highest BCUT2D eigenvalue weighted by Crippen LogP contribution is 2.29. The van der Waals surface area contributed by atoms with Gasteiger partial charge < -0.3 is 5.32 Å². The van der Waals surface area contributed by atoms with Crippen LogP contribution in [0.4, 0.5) is 0 Å². The van der Waals surface area contributed by atoms with Crippen molar-refractivity contribution in [2.45, 2.75) is 25.3 Å². The van der Waals surface area contributed by atoms with E-state index in [4.69, 9.17) is 0 Å².